The van der Waals surface area contributed by atoms with E-state index in [0.717, 1.165) is 26.2 Å². The molecule has 108 valence electrons. The molecule has 1 aromatic carbocycles. The second-order valence-corrected chi connectivity index (χ2v) is 5.34. The molecule has 1 aliphatic heterocycles. The standard InChI is InChI=1S/C15H18N6/c1-19-5-7-20(8-6-19)14-4-2-3-13(9-14)11-21-12-17-15(10-16)18-21/h2-4,9,12H,5-8,11H2,1H3. The van der Waals surface area contributed by atoms with Gasteiger partial charge in [-0.2, -0.15) is 5.26 Å². The highest BCUT2D eigenvalue weighted by molar-refractivity contribution is 5.49. The first-order chi connectivity index (χ1) is 10.2. The maximum Gasteiger partial charge on any atom is 0.252 e. The van der Waals surface area contributed by atoms with Gasteiger partial charge in [0.1, 0.15) is 12.4 Å². The lowest BCUT2D eigenvalue weighted by Gasteiger charge is -2.34. The third-order valence-corrected chi connectivity index (χ3v) is 3.76. The van der Waals surface area contributed by atoms with E-state index in [1.165, 1.54) is 11.3 Å². The van der Waals surface area contributed by atoms with Crippen LogP contribution in [-0.2, 0) is 6.54 Å². The van der Waals surface area contributed by atoms with Crippen LogP contribution in [0.3, 0.4) is 0 Å². The summed E-state index contributed by atoms with van der Waals surface area (Å²) in [6, 6.07) is 10.4. The van der Waals surface area contributed by atoms with Gasteiger partial charge in [0, 0.05) is 31.9 Å². The molecule has 0 unspecified atom stereocenters. The molecule has 1 saturated heterocycles. The lowest BCUT2D eigenvalue weighted by Crippen LogP contribution is -2.44. The van der Waals surface area contributed by atoms with Gasteiger partial charge in [0.05, 0.1) is 6.54 Å². The van der Waals surface area contributed by atoms with E-state index in [1.54, 1.807) is 11.0 Å². The van der Waals surface area contributed by atoms with Crippen LogP contribution in [0.15, 0.2) is 30.6 Å². The van der Waals surface area contributed by atoms with Crippen LogP contribution in [-0.4, -0.2) is 52.9 Å². The Morgan fingerprint density at radius 1 is 1.24 bits per heavy atom. The Morgan fingerprint density at radius 2 is 2.05 bits per heavy atom. The number of aromatic nitrogens is 3. The summed E-state index contributed by atoms with van der Waals surface area (Å²) < 4.78 is 1.70. The van der Waals surface area contributed by atoms with Gasteiger partial charge in [0.25, 0.3) is 5.82 Å². The Balaban J connectivity index is 1.72. The number of hydrogen-bond donors (Lipinski definition) is 0. The normalized spacial score (nSPS) is 15.9. The molecule has 1 aliphatic rings. The van der Waals surface area contributed by atoms with Crippen molar-refractivity contribution in [2.24, 2.45) is 0 Å². The number of nitriles is 1. The van der Waals surface area contributed by atoms with Gasteiger partial charge in [0.2, 0.25) is 0 Å². The average molecular weight is 282 g/mol. The third kappa shape index (κ3) is 3.20. The van der Waals surface area contributed by atoms with Crippen molar-refractivity contribution in [1.82, 2.24) is 19.7 Å². The second-order valence-electron chi connectivity index (χ2n) is 5.34. The van der Waals surface area contributed by atoms with Crippen molar-refractivity contribution in [1.29, 1.82) is 5.26 Å². The van der Waals surface area contributed by atoms with Crippen LogP contribution in [0.1, 0.15) is 11.4 Å². The maximum atomic E-state index is 8.75. The van der Waals surface area contributed by atoms with Gasteiger partial charge in [-0.15, -0.1) is 5.10 Å². The highest BCUT2D eigenvalue weighted by Gasteiger charge is 2.14. The summed E-state index contributed by atoms with van der Waals surface area (Å²) in [5, 5.41) is 12.9. The fourth-order valence-corrected chi connectivity index (χ4v) is 2.53. The summed E-state index contributed by atoms with van der Waals surface area (Å²) >= 11 is 0. The van der Waals surface area contributed by atoms with Crippen LogP contribution in [0.2, 0.25) is 0 Å². The van der Waals surface area contributed by atoms with Crippen molar-refractivity contribution in [3.63, 3.8) is 0 Å². The Morgan fingerprint density at radius 3 is 2.76 bits per heavy atom. The fourth-order valence-electron chi connectivity index (χ4n) is 2.53. The summed E-state index contributed by atoms with van der Waals surface area (Å²) in [5.74, 6) is 0.213. The quantitative estimate of drug-likeness (QED) is 0.839. The molecule has 0 spiro atoms. The monoisotopic (exact) mass is 282 g/mol. The molecule has 0 radical (unpaired) electrons. The molecule has 3 rings (SSSR count). The van der Waals surface area contributed by atoms with Crippen molar-refractivity contribution in [2.75, 3.05) is 38.1 Å². The number of likely N-dealkylation sites (N-methyl/N-ethyl adjacent to an activating group) is 1. The largest absolute Gasteiger partial charge is 0.369 e. The zero-order chi connectivity index (χ0) is 14.7. The molecule has 6 nitrogen and oxygen atoms in total. The summed E-state index contributed by atoms with van der Waals surface area (Å²) in [6.45, 7) is 4.94. The Hall–Kier alpha value is -2.39. The average Bonchev–Trinajstić information content (AvgIpc) is 2.96. The summed E-state index contributed by atoms with van der Waals surface area (Å²) in [6.07, 6.45) is 1.60. The Kier molecular flexibility index (Phi) is 3.84. The van der Waals surface area contributed by atoms with Gasteiger partial charge in [-0.05, 0) is 24.7 Å². The molecule has 0 atom stereocenters. The number of rotatable bonds is 3. The predicted octanol–water partition coefficient (Wildman–Crippen LogP) is 0.950. The first-order valence-corrected chi connectivity index (χ1v) is 7.06. The van der Waals surface area contributed by atoms with Crippen LogP contribution in [0.5, 0.6) is 0 Å². The van der Waals surface area contributed by atoms with Crippen LogP contribution in [0.25, 0.3) is 0 Å². The van der Waals surface area contributed by atoms with Crippen LogP contribution in [0, 0.1) is 11.3 Å². The molecule has 0 amide bonds. The van der Waals surface area contributed by atoms with Gasteiger partial charge in [-0.1, -0.05) is 12.1 Å². The Labute approximate surface area is 124 Å². The molecule has 0 bridgehead atoms. The summed E-state index contributed by atoms with van der Waals surface area (Å²) in [4.78, 5) is 8.68. The summed E-state index contributed by atoms with van der Waals surface area (Å²) in [5.41, 5.74) is 2.42. The van der Waals surface area contributed by atoms with Crippen molar-refractivity contribution in [2.45, 2.75) is 6.54 Å². The molecule has 0 N–H and O–H groups in total. The summed E-state index contributed by atoms with van der Waals surface area (Å²) in [7, 11) is 2.16. The molecule has 6 heteroatoms. The van der Waals surface area contributed by atoms with Crippen molar-refractivity contribution < 1.29 is 0 Å². The van der Waals surface area contributed by atoms with Crippen LogP contribution >= 0.6 is 0 Å². The molecule has 1 fully saturated rings. The SMILES string of the molecule is CN1CCN(c2cccc(Cn3cnc(C#N)n3)c2)CC1. The van der Waals surface area contributed by atoms with Crippen molar-refractivity contribution >= 4 is 5.69 Å². The molecule has 0 aliphatic carbocycles. The smallest absolute Gasteiger partial charge is 0.252 e. The second kappa shape index (κ2) is 5.94. The number of hydrogen-bond acceptors (Lipinski definition) is 5. The lowest BCUT2D eigenvalue weighted by atomic mass is 10.1. The van der Waals surface area contributed by atoms with Gasteiger partial charge in [-0.3, -0.25) is 0 Å². The van der Waals surface area contributed by atoms with E-state index < -0.39 is 0 Å². The maximum absolute atomic E-state index is 8.75. The minimum Gasteiger partial charge on any atom is -0.369 e. The van der Waals surface area contributed by atoms with E-state index in [4.69, 9.17) is 5.26 Å². The van der Waals surface area contributed by atoms with Gasteiger partial charge >= 0.3 is 0 Å². The van der Waals surface area contributed by atoms with Gasteiger partial charge in [-0.25, -0.2) is 9.67 Å². The molecule has 21 heavy (non-hydrogen) atoms. The van der Waals surface area contributed by atoms with E-state index in [2.05, 4.69) is 51.2 Å². The van der Waals surface area contributed by atoms with Crippen LogP contribution in [0.4, 0.5) is 5.69 Å². The predicted molar refractivity (Wildman–Crippen MR) is 80.0 cm³/mol. The minimum absolute atomic E-state index is 0.213. The van der Waals surface area contributed by atoms with Gasteiger partial charge in [0.15, 0.2) is 0 Å². The molecule has 1 aromatic heterocycles. The first-order valence-electron chi connectivity index (χ1n) is 7.06. The van der Waals surface area contributed by atoms with Crippen molar-refractivity contribution in [3.05, 3.63) is 42.0 Å². The number of anilines is 1. The lowest BCUT2D eigenvalue weighted by molar-refractivity contribution is 0.313. The number of benzene rings is 1. The number of piperazine rings is 1. The van der Waals surface area contributed by atoms with Gasteiger partial charge < -0.3 is 9.80 Å². The van der Waals surface area contributed by atoms with E-state index in [9.17, 15) is 0 Å². The highest BCUT2D eigenvalue weighted by atomic mass is 15.3. The molecule has 2 heterocycles. The highest BCUT2D eigenvalue weighted by Crippen LogP contribution is 2.18. The first kappa shape index (κ1) is 13.6. The van der Waals surface area contributed by atoms with E-state index in [1.807, 2.05) is 6.07 Å². The molecule has 0 saturated carbocycles. The van der Waals surface area contributed by atoms with Crippen LogP contribution < -0.4 is 4.90 Å². The molecule has 2 aromatic rings. The fraction of sp³-hybridized carbons (Fsp3) is 0.400. The van der Waals surface area contributed by atoms with Crippen molar-refractivity contribution in [3.8, 4) is 6.07 Å². The molecular formula is C15H18N6. The van der Waals surface area contributed by atoms with E-state index in [-0.39, 0.29) is 5.82 Å². The van der Waals surface area contributed by atoms with E-state index >= 15 is 0 Å². The zero-order valence-electron chi connectivity index (χ0n) is 12.1. The number of nitrogens with zero attached hydrogens (tertiary/aromatic N) is 6. The Bertz CT molecular complexity index is 648. The molecular weight excluding hydrogens is 264 g/mol. The van der Waals surface area contributed by atoms with E-state index in [0.29, 0.717) is 6.54 Å². The zero-order valence-corrected chi connectivity index (χ0v) is 12.1. The minimum atomic E-state index is 0.213. The topological polar surface area (TPSA) is 61.0 Å². The third-order valence-electron chi connectivity index (χ3n) is 3.76.